The number of hydrogen-bond acceptors (Lipinski definition) is 6. The molecule has 5 atom stereocenters. The highest BCUT2D eigenvalue weighted by molar-refractivity contribution is 5.85. The van der Waals surface area contributed by atoms with Crippen LogP contribution in [0.1, 0.15) is 44.5 Å². The van der Waals surface area contributed by atoms with Crippen LogP contribution in [0.3, 0.4) is 0 Å². The Labute approximate surface area is 194 Å². The topological polar surface area (TPSA) is 80.9 Å². The van der Waals surface area contributed by atoms with E-state index in [2.05, 4.69) is 40.2 Å². The maximum atomic E-state index is 12.9. The van der Waals surface area contributed by atoms with E-state index in [0.717, 1.165) is 31.4 Å². The molecule has 7 nitrogen and oxygen atoms in total. The third-order valence-corrected chi connectivity index (χ3v) is 7.22. The molecular weight excluding hydrogens is 420 g/mol. The van der Waals surface area contributed by atoms with Crippen molar-refractivity contribution in [3.05, 3.63) is 47.7 Å². The van der Waals surface area contributed by atoms with Crippen LogP contribution in [0.15, 0.2) is 36.4 Å². The minimum absolute atomic E-state index is 0.00787. The molecule has 1 aromatic carbocycles. The average molecular weight is 453 g/mol. The summed E-state index contributed by atoms with van der Waals surface area (Å²) in [4.78, 5) is 31.5. The van der Waals surface area contributed by atoms with Crippen molar-refractivity contribution in [2.24, 2.45) is 17.8 Å². The molecule has 2 aromatic rings. The molecule has 0 radical (unpaired) electrons. The van der Waals surface area contributed by atoms with Gasteiger partial charge in [-0.1, -0.05) is 24.3 Å². The van der Waals surface area contributed by atoms with Gasteiger partial charge in [-0.15, -0.1) is 0 Å². The van der Waals surface area contributed by atoms with E-state index in [1.54, 1.807) is 20.8 Å². The number of H-pyrrole nitrogens is 1. The van der Waals surface area contributed by atoms with Gasteiger partial charge in [0.1, 0.15) is 17.6 Å². The zero-order chi connectivity index (χ0) is 23.3. The summed E-state index contributed by atoms with van der Waals surface area (Å²) in [5.74, 6) is -0.693. The van der Waals surface area contributed by atoms with E-state index in [9.17, 15) is 9.59 Å². The van der Waals surface area contributed by atoms with Crippen molar-refractivity contribution in [1.29, 1.82) is 0 Å². The van der Waals surface area contributed by atoms with Gasteiger partial charge in [0.05, 0.1) is 13.2 Å². The highest BCUT2D eigenvalue weighted by Gasteiger charge is 2.49. The molecule has 3 aliphatic rings. The van der Waals surface area contributed by atoms with Crippen molar-refractivity contribution in [2.45, 2.75) is 51.4 Å². The highest BCUT2D eigenvalue weighted by atomic mass is 16.7. The number of carbonyl (C=O) groups is 2. The summed E-state index contributed by atoms with van der Waals surface area (Å²) >= 11 is 0. The number of aromatic amines is 1. The largest absolute Gasteiger partial charge is 0.509 e. The Hall–Kier alpha value is -2.80. The van der Waals surface area contributed by atoms with Crippen LogP contribution in [-0.4, -0.2) is 53.9 Å². The lowest BCUT2D eigenvalue weighted by molar-refractivity contribution is -0.155. The molecule has 1 N–H and O–H groups in total. The molecule has 3 heterocycles. The second-order valence-corrected chi connectivity index (χ2v) is 10.4. The molecule has 0 saturated carbocycles. The number of carbonyl (C=O) groups excluding carboxylic acids is 2. The van der Waals surface area contributed by atoms with E-state index in [1.807, 2.05) is 6.08 Å². The van der Waals surface area contributed by atoms with Crippen LogP contribution in [0.4, 0.5) is 4.79 Å². The molecular formula is C26H32N2O5. The van der Waals surface area contributed by atoms with Crippen LogP contribution >= 0.6 is 0 Å². The lowest BCUT2D eigenvalue weighted by Gasteiger charge is -2.49. The van der Waals surface area contributed by atoms with Crippen molar-refractivity contribution in [3.8, 4) is 0 Å². The van der Waals surface area contributed by atoms with E-state index < -0.39 is 23.8 Å². The van der Waals surface area contributed by atoms with Gasteiger partial charge < -0.3 is 19.2 Å². The Kier molecular flexibility index (Phi) is 5.47. The second-order valence-electron chi connectivity index (χ2n) is 10.4. The third kappa shape index (κ3) is 4.03. The van der Waals surface area contributed by atoms with Crippen molar-refractivity contribution < 1.29 is 23.8 Å². The molecule has 5 rings (SSSR count). The predicted octanol–water partition coefficient (Wildman–Crippen LogP) is 4.38. The summed E-state index contributed by atoms with van der Waals surface area (Å²) in [5, 5.41) is 1.29. The van der Waals surface area contributed by atoms with E-state index in [4.69, 9.17) is 14.2 Å². The smallest absolute Gasteiger partial charge is 0.469 e. The van der Waals surface area contributed by atoms with Gasteiger partial charge in [0.25, 0.3) is 0 Å². The van der Waals surface area contributed by atoms with E-state index in [0.29, 0.717) is 0 Å². The fourth-order valence-electron chi connectivity index (χ4n) is 5.87. The van der Waals surface area contributed by atoms with Crippen LogP contribution in [0.5, 0.6) is 0 Å². The molecule has 1 aromatic heterocycles. The number of aromatic nitrogens is 1. The zero-order valence-electron chi connectivity index (χ0n) is 19.7. The number of fused-ring (bicyclic) bond motifs is 6. The molecule has 0 unspecified atom stereocenters. The molecule has 33 heavy (non-hydrogen) atoms. The normalized spacial score (nSPS) is 29.0. The Morgan fingerprint density at radius 1 is 1.15 bits per heavy atom. The summed E-state index contributed by atoms with van der Waals surface area (Å²) in [6.07, 6.45) is 4.29. The summed E-state index contributed by atoms with van der Waals surface area (Å²) in [6.45, 7) is 7.23. The number of methoxy groups -OCH3 is 1. The fraction of sp³-hybridized carbons (Fsp3) is 0.538. The molecule has 0 amide bonds. The third-order valence-electron chi connectivity index (χ3n) is 7.22. The Morgan fingerprint density at radius 2 is 1.94 bits per heavy atom. The van der Waals surface area contributed by atoms with Crippen molar-refractivity contribution >= 4 is 23.0 Å². The minimum Gasteiger partial charge on any atom is -0.469 e. The first kappa shape index (κ1) is 22.0. The zero-order valence-corrected chi connectivity index (χ0v) is 19.7. The number of nitrogens with zero attached hydrogens (tertiary/aromatic N) is 1. The Morgan fingerprint density at radius 3 is 2.70 bits per heavy atom. The monoisotopic (exact) mass is 452 g/mol. The number of hydrogen-bond donors (Lipinski definition) is 1. The number of nitrogens with one attached hydrogen (secondary N) is 1. The number of esters is 1. The van der Waals surface area contributed by atoms with Crippen molar-refractivity contribution in [1.82, 2.24) is 9.88 Å². The van der Waals surface area contributed by atoms with Crippen LogP contribution in [-0.2, 0) is 25.4 Å². The molecule has 0 spiro atoms. The van der Waals surface area contributed by atoms with E-state index in [1.165, 1.54) is 23.8 Å². The van der Waals surface area contributed by atoms with Gasteiger partial charge in [-0.05, 0) is 63.2 Å². The van der Waals surface area contributed by atoms with Crippen LogP contribution in [0, 0.1) is 17.8 Å². The van der Waals surface area contributed by atoms with Gasteiger partial charge >= 0.3 is 12.1 Å². The highest BCUT2D eigenvalue weighted by Crippen LogP contribution is 2.48. The first-order valence-electron chi connectivity index (χ1n) is 11.7. The number of rotatable bonds is 2. The quantitative estimate of drug-likeness (QED) is 0.538. The maximum absolute atomic E-state index is 12.9. The predicted molar refractivity (Wildman–Crippen MR) is 124 cm³/mol. The molecule has 1 saturated heterocycles. The van der Waals surface area contributed by atoms with Gasteiger partial charge in [-0.3, -0.25) is 9.69 Å². The number of piperidine rings is 1. The Bertz CT molecular complexity index is 1100. The van der Waals surface area contributed by atoms with Crippen LogP contribution in [0.25, 0.3) is 10.9 Å². The van der Waals surface area contributed by atoms with E-state index in [-0.39, 0.29) is 23.8 Å². The van der Waals surface area contributed by atoms with Crippen molar-refractivity contribution in [2.75, 3.05) is 20.2 Å². The van der Waals surface area contributed by atoms with Gasteiger partial charge in [-0.25, -0.2) is 4.79 Å². The van der Waals surface area contributed by atoms with Gasteiger partial charge in [-0.2, -0.15) is 0 Å². The summed E-state index contributed by atoms with van der Waals surface area (Å²) < 4.78 is 16.2. The van der Waals surface area contributed by atoms with Crippen LogP contribution in [0.2, 0.25) is 0 Å². The average Bonchev–Trinajstić information content (AvgIpc) is 3.15. The van der Waals surface area contributed by atoms with Crippen LogP contribution < -0.4 is 0 Å². The van der Waals surface area contributed by atoms with Gasteiger partial charge in [0.2, 0.25) is 0 Å². The first-order chi connectivity index (χ1) is 15.7. The summed E-state index contributed by atoms with van der Waals surface area (Å²) in [5.41, 5.74) is 3.13. The summed E-state index contributed by atoms with van der Waals surface area (Å²) in [7, 11) is 1.39. The minimum atomic E-state index is -0.766. The van der Waals surface area contributed by atoms with Gasteiger partial charge in [0, 0.05) is 29.7 Å². The van der Waals surface area contributed by atoms with Gasteiger partial charge in [0.15, 0.2) is 0 Å². The lowest BCUT2D eigenvalue weighted by Crippen LogP contribution is -2.52. The first-order valence-corrected chi connectivity index (χ1v) is 11.7. The number of benzene rings is 1. The SMILES string of the molecule is COC(=O)[C@H]1[C@@H]2C[C@@H]3c4[nH]c5ccccc5c4CCN3C[C@@H]2C=C[C@H]1OC(=O)OC(C)(C)C. The van der Waals surface area contributed by atoms with E-state index >= 15 is 0 Å². The van der Waals surface area contributed by atoms with Crippen molar-refractivity contribution in [3.63, 3.8) is 0 Å². The molecule has 1 fully saturated rings. The fourth-order valence-corrected chi connectivity index (χ4v) is 5.87. The molecule has 0 bridgehead atoms. The molecule has 2 aliphatic heterocycles. The number of para-hydroxylation sites is 1. The Balaban J connectivity index is 1.44. The second kappa shape index (κ2) is 8.20. The molecule has 1 aliphatic carbocycles. The lowest BCUT2D eigenvalue weighted by atomic mass is 9.67. The number of ether oxygens (including phenoxy) is 3. The molecule has 7 heteroatoms. The maximum Gasteiger partial charge on any atom is 0.509 e. The summed E-state index contributed by atoms with van der Waals surface area (Å²) in [6, 6.07) is 8.63. The standard InChI is InChI=1S/C26H32N2O5/c1-26(2,3)33-25(30)32-21-10-9-15-14-28-12-11-17-16-7-5-6-8-19(16)27-23(17)20(28)13-18(15)22(21)24(29)31-4/h5-10,15,18,20-22,27H,11-14H2,1-4H3/t15-,18+,20+,21+,22-/m0/s1. The molecule has 176 valence electrons.